The molecule has 0 aromatic heterocycles. The second-order valence-electron chi connectivity index (χ2n) is 15.2. The molecule has 0 unspecified atom stereocenters. The van der Waals surface area contributed by atoms with E-state index in [-0.39, 0.29) is 27.6 Å². The smallest absolute Gasteiger partial charge is 0.139 e. The van der Waals surface area contributed by atoms with E-state index in [0.717, 1.165) is 25.7 Å². The first-order chi connectivity index (χ1) is 14.6. The normalized spacial score (nSPS) is 57.1. The van der Waals surface area contributed by atoms with Gasteiger partial charge in [-0.3, -0.25) is 9.59 Å². The summed E-state index contributed by atoms with van der Waals surface area (Å²) in [7, 11) is 0. The molecule has 2 heteroatoms. The zero-order valence-electron chi connectivity index (χ0n) is 22.2. The summed E-state index contributed by atoms with van der Waals surface area (Å²) < 4.78 is 0. The molecule has 5 aliphatic rings. The molecule has 0 bridgehead atoms. The Balaban J connectivity index is 1.60. The van der Waals surface area contributed by atoms with Crippen molar-refractivity contribution in [2.24, 2.45) is 56.2 Å². The number of rotatable bonds is 0. The summed E-state index contributed by atoms with van der Waals surface area (Å²) in [5, 5.41) is 0. The summed E-state index contributed by atoms with van der Waals surface area (Å²) >= 11 is 0. The second kappa shape index (κ2) is 6.51. The van der Waals surface area contributed by atoms with Crippen LogP contribution in [-0.4, -0.2) is 11.6 Å². The lowest BCUT2D eigenvalue weighted by molar-refractivity contribution is -0.244. The maximum Gasteiger partial charge on any atom is 0.139 e. The molecule has 0 amide bonds. The summed E-state index contributed by atoms with van der Waals surface area (Å²) in [4.78, 5) is 27.1. The monoisotopic (exact) mass is 440 g/mol. The van der Waals surface area contributed by atoms with Crippen molar-refractivity contribution in [2.75, 3.05) is 0 Å². The molecular weight excluding hydrogens is 392 g/mol. The molecule has 0 aromatic rings. The first kappa shape index (κ1) is 23.1. The lowest BCUT2D eigenvalue weighted by atomic mass is 9.30. The summed E-state index contributed by atoms with van der Waals surface area (Å²) in [6.45, 7) is 19.5. The van der Waals surface area contributed by atoms with Gasteiger partial charge in [-0.1, -0.05) is 55.4 Å². The minimum Gasteiger partial charge on any atom is -0.299 e. The van der Waals surface area contributed by atoms with E-state index in [1.54, 1.807) is 0 Å². The molecule has 5 saturated carbocycles. The van der Waals surface area contributed by atoms with Gasteiger partial charge in [-0.05, 0) is 96.2 Å². The molecule has 32 heavy (non-hydrogen) atoms. The Morgan fingerprint density at radius 2 is 1.38 bits per heavy atom. The number of carbonyl (C=O) groups is 2. The molecule has 0 spiro atoms. The Morgan fingerprint density at radius 3 is 2.06 bits per heavy atom. The van der Waals surface area contributed by atoms with Gasteiger partial charge in [-0.2, -0.15) is 0 Å². The number of carbonyl (C=O) groups excluding carboxylic acids is 2. The highest BCUT2D eigenvalue weighted by Gasteiger charge is 2.73. The van der Waals surface area contributed by atoms with Gasteiger partial charge in [-0.25, -0.2) is 0 Å². The third-order valence-corrected chi connectivity index (χ3v) is 13.5. The third-order valence-electron chi connectivity index (χ3n) is 13.5. The van der Waals surface area contributed by atoms with Crippen molar-refractivity contribution in [3.8, 4) is 0 Å². The van der Waals surface area contributed by atoms with E-state index >= 15 is 0 Å². The maximum atomic E-state index is 14.4. The SMILES string of the molecule is C[C@H]1C(=O)CC[C@@H]2[C@]1(C)CC[C@@H]1[C@@]2(C)C(=O)C[C@@]2(C)[C@H]3CC(C)(C)CC[C@]3(C)CC[C@]12C. The minimum atomic E-state index is -0.256. The molecule has 180 valence electrons. The predicted molar refractivity (Wildman–Crippen MR) is 130 cm³/mol. The average molecular weight is 441 g/mol. The quantitative estimate of drug-likeness (QED) is 0.388. The van der Waals surface area contributed by atoms with Gasteiger partial charge in [0.25, 0.3) is 0 Å². The number of hydrogen-bond donors (Lipinski definition) is 0. The van der Waals surface area contributed by atoms with Crippen LogP contribution in [0, 0.1) is 56.2 Å². The minimum absolute atomic E-state index is 0.00362. The van der Waals surface area contributed by atoms with Gasteiger partial charge in [0, 0.05) is 24.2 Å². The number of ketones is 2. The van der Waals surface area contributed by atoms with E-state index in [1.165, 1.54) is 32.1 Å². The van der Waals surface area contributed by atoms with Crippen LogP contribution in [0.1, 0.15) is 120 Å². The maximum absolute atomic E-state index is 14.4. The molecule has 0 saturated heterocycles. The zero-order chi connectivity index (χ0) is 23.5. The Labute approximate surface area is 197 Å². The van der Waals surface area contributed by atoms with Crippen LogP contribution in [-0.2, 0) is 9.59 Å². The molecule has 0 aliphatic heterocycles. The number of fused-ring (bicyclic) bond motifs is 7. The fourth-order valence-electron chi connectivity index (χ4n) is 10.9. The van der Waals surface area contributed by atoms with Gasteiger partial charge in [0.2, 0.25) is 0 Å². The van der Waals surface area contributed by atoms with Crippen molar-refractivity contribution in [3.63, 3.8) is 0 Å². The number of hydrogen-bond acceptors (Lipinski definition) is 2. The highest BCUT2D eigenvalue weighted by atomic mass is 16.1. The van der Waals surface area contributed by atoms with E-state index in [1.807, 2.05) is 0 Å². The van der Waals surface area contributed by atoms with Crippen molar-refractivity contribution >= 4 is 11.6 Å². The van der Waals surface area contributed by atoms with Crippen molar-refractivity contribution < 1.29 is 9.59 Å². The van der Waals surface area contributed by atoms with Gasteiger partial charge < -0.3 is 0 Å². The summed E-state index contributed by atoms with van der Waals surface area (Å²) in [6.07, 6.45) is 11.2. The van der Waals surface area contributed by atoms with Crippen LogP contribution in [0.25, 0.3) is 0 Å². The van der Waals surface area contributed by atoms with Crippen LogP contribution in [0.15, 0.2) is 0 Å². The van der Waals surface area contributed by atoms with Gasteiger partial charge >= 0.3 is 0 Å². The molecule has 0 aromatic carbocycles. The average Bonchev–Trinajstić information content (AvgIpc) is 2.70. The van der Waals surface area contributed by atoms with Crippen LogP contribution >= 0.6 is 0 Å². The molecular formula is C30H48O2. The Bertz CT molecular complexity index is 857. The standard InChI is InChI=1S/C30H48O2/c1-19-20(31)9-10-21-27(19,5)12-11-22-28(6)16-15-26(4)14-13-25(2,3)17-23(26)29(28,7)18-24(32)30(21,22)8/h19,21-23H,9-18H2,1-8H3/t19-,21+,22-,23-,26+,27+,28+,29-,30-/m0/s1. The van der Waals surface area contributed by atoms with Gasteiger partial charge in [0.1, 0.15) is 11.6 Å². The van der Waals surface area contributed by atoms with E-state index in [2.05, 4.69) is 55.4 Å². The molecule has 9 atom stereocenters. The van der Waals surface area contributed by atoms with Crippen LogP contribution < -0.4 is 0 Å². The fraction of sp³-hybridized carbons (Fsp3) is 0.933. The second-order valence-corrected chi connectivity index (χ2v) is 15.2. The van der Waals surface area contributed by atoms with Crippen LogP contribution in [0.2, 0.25) is 0 Å². The fourth-order valence-corrected chi connectivity index (χ4v) is 10.9. The molecule has 0 N–H and O–H groups in total. The lowest BCUT2D eigenvalue weighted by Gasteiger charge is -2.74. The first-order valence-corrected chi connectivity index (χ1v) is 13.7. The largest absolute Gasteiger partial charge is 0.299 e. The number of Topliss-reactive ketones (excluding diaryl/α,β-unsaturated/α-hetero) is 2. The van der Waals surface area contributed by atoms with Crippen molar-refractivity contribution in [1.29, 1.82) is 0 Å². The van der Waals surface area contributed by atoms with E-state index < -0.39 is 0 Å². The molecule has 2 nitrogen and oxygen atoms in total. The topological polar surface area (TPSA) is 34.1 Å². The van der Waals surface area contributed by atoms with Crippen LogP contribution in [0.5, 0.6) is 0 Å². The van der Waals surface area contributed by atoms with E-state index in [0.29, 0.717) is 46.6 Å². The van der Waals surface area contributed by atoms with Crippen molar-refractivity contribution in [2.45, 2.75) is 120 Å². The third kappa shape index (κ3) is 2.59. The molecule has 5 aliphatic carbocycles. The van der Waals surface area contributed by atoms with E-state index in [9.17, 15) is 9.59 Å². The lowest BCUT2D eigenvalue weighted by Crippen LogP contribution is -2.70. The predicted octanol–water partition coefficient (Wildman–Crippen LogP) is 7.64. The Morgan fingerprint density at radius 1 is 0.719 bits per heavy atom. The first-order valence-electron chi connectivity index (χ1n) is 13.7. The highest BCUT2D eigenvalue weighted by Crippen LogP contribution is 2.77. The van der Waals surface area contributed by atoms with Gasteiger partial charge in [0.15, 0.2) is 0 Å². The summed E-state index contributed by atoms with van der Waals surface area (Å²) in [5.74, 6) is 2.56. The summed E-state index contributed by atoms with van der Waals surface area (Å²) in [5.41, 5.74) is 0.846. The molecule has 0 radical (unpaired) electrons. The van der Waals surface area contributed by atoms with Gasteiger partial charge in [-0.15, -0.1) is 0 Å². The van der Waals surface area contributed by atoms with Crippen LogP contribution in [0.3, 0.4) is 0 Å². The zero-order valence-corrected chi connectivity index (χ0v) is 22.2. The van der Waals surface area contributed by atoms with Crippen molar-refractivity contribution in [3.05, 3.63) is 0 Å². The van der Waals surface area contributed by atoms with Crippen molar-refractivity contribution in [1.82, 2.24) is 0 Å². The molecule has 5 rings (SSSR count). The Kier molecular flexibility index (Phi) is 4.70. The van der Waals surface area contributed by atoms with Crippen LogP contribution in [0.4, 0.5) is 0 Å². The Hall–Kier alpha value is -0.660. The molecule has 0 heterocycles. The van der Waals surface area contributed by atoms with E-state index in [4.69, 9.17) is 0 Å². The summed E-state index contributed by atoms with van der Waals surface area (Å²) in [6, 6.07) is 0. The van der Waals surface area contributed by atoms with Gasteiger partial charge in [0.05, 0.1) is 0 Å². The molecule has 5 fully saturated rings. The highest BCUT2D eigenvalue weighted by molar-refractivity contribution is 5.89.